The van der Waals surface area contributed by atoms with Crippen LogP contribution in [-0.2, 0) is 21.4 Å². The maximum absolute atomic E-state index is 11.8. The molecule has 0 amide bonds. The van der Waals surface area contributed by atoms with E-state index in [0.29, 0.717) is 19.6 Å². The van der Waals surface area contributed by atoms with E-state index in [1.54, 1.807) is 0 Å². The molecule has 0 bridgehead atoms. The summed E-state index contributed by atoms with van der Waals surface area (Å²) in [7, 11) is -3.62. The number of hydrogen-bond donors (Lipinski definition) is 2. The third-order valence-electron chi connectivity index (χ3n) is 2.37. The summed E-state index contributed by atoms with van der Waals surface area (Å²) in [4.78, 5) is 0. The van der Waals surface area contributed by atoms with Crippen molar-refractivity contribution in [3.05, 3.63) is 17.9 Å². The Bertz CT molecular complexity index is 466. The van der Waals surface area contributed by atoms with Gasteiger partial charge >= 0.3 is 0 Å². The molecule has 0 atom stereocenters. The Balaban J connectivity index is 2.31. The molecule has 1 heterocycles. The summed E-state index contributed by atoms with van der Waals surface area (Å²) < 4.78 is 36.3. The summed E-state index contributed by atoms with van der Waals surface area (Å²) in [5.41, 5.74) is 0. The first-order valence-corrected chi connectivity index (χ1v) is 7.75. The molecule has 0 spiro atoms. The minimum absolute atomic E-state index is 0.171. The molecule has 2 N–H and O–H groups in total. The second-order valence-corrected chi connectivity index (χ2v) is 6.10. The van der Waals surface area contributed by atoms with Crippen LogP contribution in [-0.4, -0.2) is 32.8 Å². The second kappa shape index (κ2) is 7.64. The maximum atomic E-state index is 11.8. The van der Waals surface area contributed by atoms with Crippen LogP contribution in [0.5, 0.6) is 0 Å². The average Bonchev–Trinajstić information content (AvgIpc) is 2.82. The fourth-order valence-electron chi connectivity index (χ4n) is 1.41. The number of unbranched alkanes of at least 4 members (excludes halogenated alkanes) is 1. The third kappa shape index (κ3) is 5.73. The van der Waals surface area contributed by atoms with Crippen molar-refractivity contribution in [2.45, 2.75) is 44.5 Å². The zero-order valence-corrected chi connectivity index (χ0v) is 12.1. The molecule has 0 aliphatic rings. The van der Waals surface area contributed by atoms with Crippen LogP contribution in [0.3, 0.4) is 0 Å². The second-order valence-electron chi connectivity index (χ2n) is 4.40. The lowest BCUT2D eigenvalue weighted by Crippen LogP contribution is -2.24. The number of furan rings is 1. The first kappa shape index (κ1) is 16.2. The van der Waals surface area contributed by atoms with Crippen LogP contribution < -0.4 is 4.72 Å². The Morgan fingerprint density at radius 3 is 2.68 bits per heavy atom. The molecule has 0 unspecified atom stereocenters. The molecule has 110 valence electrons. The predicted molar refractivity (Wildman–Crippen MR) is 70.1 cm³/mol. The molecular formula is C12H21NO5S. The Hall–Kier alpha value is -0.890. The zero-order chi connectivity index (χ0) is 14.3. The van der Waals surface area contributed by atoms with Gasteiger partial charge < -0.3 is 14.3 Å². The van der Waals surface area contributed by atoms with Crippen LogP contribution >= 0.6 is 0 Å². The quantitative estimate of drug-likeness (QED) is 0.669. The van der Waals surface area contributed by atoms with E-state index < -0.39 is 10.0 Å². The van der Waals surface area contributed by atoms with Crippen molar-refractivity contribution < 1.29 is 22.7 Å². The van der Waals surface area contributed by atoms with Crippen LogP contribution in [0.1, 0.15) is 32.4 Å². The van der Waals surface area contributed by atoms with Crippen molar-refractivity contribution >= 4 is 10.0 Å². The van der Waals surface area contributed by atoms with E-state index in [1.807, 2.05) is 13.8 Å². The van der Waals surface area contributed by atoms with Crippen molar-refractivity contribution in [3.8, 4) is 0 Å². The maximum Gasteiger partial charge on any atom is 0.273 e. The molecule has 0 radical (unpaired) electrons. The summed E-state index contributed by atoms with van der Waals surface area (Å²) in [6.07, 6.45) is 1.68. The highest BCUT2D eigenvalue weighted by atomic mass is 32.2. The number of aliphatic hydroxyl groups is 1. The monoisotopic (exact) mass is 291 g/mol. The number of sulfonamides is 1. The summed E-state index contributed by atoms with van der Waals surface area (Å²) >= 11 is 0. The highest BCUT2D eigenvalue weighted by molar-refractivity contribution is 7.89. The summed E-state index contributed by atoms with van der Waals surface area (Å²) in [5, 5.41) is 8.64. The van der Waals surface area contributed by atoms with Crippen LogP contribution in [0.15, 0.2) is 21.6 Å². The van der Waals surface area contributed by atoms with Gasteiger partial charge in [0.15, 0.2) is 0 Å². The van der Waals surface area contributed by atoms with E-state index >= 15 is 0 Å². The van der Waals surface area contributed by atoms with Crippen LogP contribution in [0.4, 0.5) is 0 Å². The Morgan fingerprint density at radius 2 is 2.11 bits per heavy atom. The van der Waals surface area contributed by atoms with Gasteiger partial charge in [0.1, 0.15) is 12.4 Å². The van der Waals surface area contributed by atoms with Crippen LogP contribution in [0.2, 0.25) is 0 Å². The molecule has 6 nitrogen and oxygen atoms in total. The number of aliphatic hydroxyl groups excluding tert-OH is 1. The van der Waals surface area contributed by atoms with E-state index in [4.69, 9.17) is 14.3 Å². The summed E-state index contributed by atoms with van der Waals surface area (Å²) in [6, 6.07) is 2.76. The van der Waals surface area contributed by atoms with Gasteiger partial charge in [-0.1, -0.05) is 0 Å². The minimum atomic E-state index is -3.62. The molecule has 19 heavy (non-hydrogen) atoms. The molecule has 0 aliphatic carbocycles. The van der Waals surface area contributed by atoms with Crippen LogP contribution in [0.25, 0.3) is 0 Å². The van der Waals surface area contributed by atoms with Gasteiger partial charge in [0, 0.05) is 13.2 Å². The Kier molecular flexibility index (Phi) is 6.50. The average molecular weight is 291 g/mol. The molecule has 7 heteroatoms. The SMILES string of the molecule is CC(C)OCCCCNS(=O)(=O)c1ccc(CO)o1. The van der Waals surface area contributed by atoms with Crippen LogP contribution in [0, 0.1) is 0 Å². The molecule has 1 aromatic heterocycles. The highest BCUT2D eigenvalue weighted by Gasteiger charge is 2.17. The first-order chi connectivity index (χ1) is 8.95. The standard InChI is InChI=1S/C12H21NO5S/c1-10(2)17-8-4-3-7-13-19(15,16)12-6-5-11(9-14)18-12/h5-6,10,13-14H,3-4,7-9H2,1-2H3. The lowest BCUT2D eigenvalue weighted by Gasteiger charge is -2.07. The minimum Gasteiger partial charge on any atom is -0.446 e. The van der Waals surface area contributed by atoms with Gasteiger partial charge in [-0.25, -0.2) is 13.1 Å². The van der Waals surface area contributed by atoms with Gasteiger partial charge in [-0.3, -0.25) is 0 Å². The molecule has 1 aromatic rings. The molecule has 0 fully saturated rings. The molecule has 1 rings (SSSR count). The van der Waals surface area contributed by atoms with E-state index in [2.05, 4.69) is 4.72 Å². The number of rotatable bonds is 9. The first-order valence-electron chi connectivity index (χ1n) is 6.26. The molecule has 0 saturated heterocycles. The van der Waals surface area contributed by atoms with Gasteiger partial charge in [-0.2, -0.15) is 0 Å². The van der Waals surface area contributed by atoms with E-state index in [-0.39, 0.29) is 23.6 Å². The van der Waals surface area contributed by atoms with E-state index in [0.717, 1.165) is 6.42 Å². The van der Waals surface area contributed by atoms with Gasteiger partial charge in [0.05, 0.1) is 6.10 Å². The molecule has 0 aromatic carbocycles. The van der Waals surface area contributed by atoms with Crippen molar-refractivity contribution in [1.82, 2.24) is 4.72 Å². The largest absolute Gasteiger partial charge is 0.446 e. The van der Waals surface area contributed by atoms with Gasteiger partial charge in [0.25, 0.3) is 10.0 Å². The van der Waals surface area contributed by atoms with E-state index in [9.17, 15) is 8.42 Å². The van der Waals surface area contributed by atoms with Crippen molar-refractivity contribution in [3.63, 3.8) is 0 Å². The van der Waals surface area contributed by atoms with Gasteiger partial charge in [-0.05, 0) is 38.8 Å². The predicted octanol–water partition coefficient (Wildman–Crippen LogP) is 1.26. The molecular weight excluding hydrogens is 270 g/mol. The normalized spacial score (nSPS) is 12.2. The topological polar surface area (TPSA) is 88.8 Å². The smallest absolute Gasteiger partial charge is 0.273 e. The highest BCUT2D eigenvalue weighted by Crippen LogP contribution is 2.13. The van der Waals surface area contributed by atoms with Crippen molar-refractivity contribution in [2.75, 3.05) is 13.2 Å². The Labute approximate surface area is 113 Å². The van der Waals surface area contributed by atoms with Crippen molar-refractivity contribution in [1.29, 1.82) is 0 Å². The lowest BCUT2D eigenvalue weighted by atomic mass is 10.3. The summed E-state index contributed by atoms with van der Waals surface area (Å²) in [5.74, 6) is 0.228. The summed E-state index contributed by atoms with van der Waals surface area (Å²) in [6.45, 7) is 4.55. The fraction of sp³-hybridized carbons (Fsp3) is 0.667. The van der Waals surface area contributed by atoms with Crippen molar-refractivity contribution in [2.24, 2.45) is 0 Å². The number of nitrogens with one attached hydrogen (secondary N) is 1. The molecule has 0 saturated carbocycles. The molecule has 0 aliphatic heterocycles. The Morgan fingerprint density at radius 1 is 1.37 bits per heavy atom. The van der Waals surface area contributed by atoms with E-state index in [1.165, 1.54) is 12.1 Å². The lowest BCUT2D eigenvalue weighted by molar-refractivity contribution is 0.0762. The van der Waals surface area contributed by atoms with Gasteiger partial charge in [-0.15, -0.1) is 0 Å². The number of ether oxygens (including phenoxy) is 1. The zero-order valence-electron chi connectivity index (χ0n) is 11.3. The fourth-order valence-corrected chi connectivity index (χ4v) is 2.43. The number of hydrogen-bond acceptors (Lipinski definition) is 5. The van der Waals surface area contributed by atoms with Gasteiger partial charge in [0.2, 0.25) is 5.09 Å². The third-order valence-corrected chi connectivity index (χ3v) is 3.71.